The SMILES string of the molecule is CC(O)CNCCCCCNCCN. The zero-order valence-corrected chi connectivity index (χ0v) is 9.26. The number of hydrogen-bond donors (Lipinski definition) is 4. The van der Waals surface area contributed by atoms with E-state index in [9.17, 15) is 0 Å². The summed E-state index contributed by atoms with van der Waals surface area (Å²) in [6, 6.07) is 0. The van der Waals surface area contributed by atoms with Crippen LogP contribution >= 0.6 is 0 Å². The molecule has 86 valence electrons. The summed E-state index contributed by atoms with van der Waals surface area (Å²) < 4.78 is 0. The first-order valence-electron chi connectivity index (χ1n) is 5.57. The van der Waals surface area contributed by atoms with E-state index in [1.54, 1.807) is 6.92 Å². The van der Waals surface area contributed by atoms with Crippen molar-refractivity contribution in [3.8, 4) is 0 Å². The largest absolute Gasteiger partial charge is 0.392 e. The van der Waals surface area contributed by atoms with Gasteiger partial charge in [0.25, 0.3) is 0 Å². The highest BCUT2D eigenvalue weighted by atomic mass is 16.3. The van der Waals surface area contributed by atoms with Crippen LogP contribution in [0.15, 0.2) is 0 Å². The first kappa shape index (κ1) is 13.8. The number of nitrogens with one attached hydrogen (secondary N) is 2. The molecule has 4 nitrogen and oxygen atoms in total. The fourth-order valence-electron chi connectivity index (χ4n) is 1.21. The second-order valence-corrected chi connectivity index (χ2v) is 3.65. The normalized spacial score (nSPS) is 13.1. The molecule has 4 heteroatoms. The molecule has 0 heterocycles. The van der Waals surface area contributed by atoms with E-state index in [1.165, 1.54) is 19.3 Å². The third-order valence-corrected chi connectivity index (χ3v) is 1.97. The lowest BCUT2D eigenvalue weighted by molar-refractivity contribution is 0.191. The van der Waals surface area contributed by atoms with E-state index in [4.69, 9.17) is 10.8 Å². The highest BCUT2D eigenvalue weighted by Crippen LogP contribution is 1.92. The Bertz CT molecular complexity index is 110. The molecule has 1 atom stereocenters. The van der Waals surface area contributed by atoms with Gasteiger partial charge in [-0.1, -0.05) is 6.42 Å². The van der Waals surface area contributed by atoms with Crippen molar-refractivity contribution in [2.75, 3.05) is 32.7 Å². The van der Waals surface area contributed by atoms with E-state index < -0.39 is 0 Å². The Kier molecular flexibility index (Phi) is 10.8. The fourth-order valence-corrected chi connectivity index (χ4v) is 1.21. The van der Waals surface area contributed by atoms with Crippen LogP contribution in [0, 0.1) is 0 Å². The average Bonchev–Trinajstić information content (AvgIpc) is 2.15. The molecule has 1 unspecified atom stereocenters. The van der Waals surface area contributed by atoms with Gasteiger partial charge in [0.05, 0.1) is 6.10 Å². The third kappa shape index (κ3) is 11.8. The molecule has 0 aliphatic rings. The van der Waals surface area contributed by atoms with Gasteiger partial charge in [-0.05, 0) is 32.9 Å². The number of aliphatic hydroxyl groups excluding tert-OH is 1. The van der Waals surface area contributed by atoms with Crippen LogP contribution in [0.2, 0.25) is 0 Å². The van der Waals surface area contributed by atoms with E-state index in [1.807, 2.05) is 0 Å². The first-order valence-corrected chi connectivity index (χ1v) is 5.57. The Labute approximate surface area is 87.3 Å². The summed E-state index contributed by atoms with van der Waals surface area (Å²) in [7, 11) is 0. The second kappa shape index (κ2) is 10.9. The minimum atomic E-state index is -0.235. The Morgan fingerprint density at radius 2 is 1.71 bits per heavy atom. The van der Waals surface area contributed by atoms with Crippen molar-refractivity contribution in [3.05, 3.63) is 0 Å². The molecule has 0 bridgehead atoms. The molecule has 0 aromatic carbocycles. The Morgan fingerprint density at radius 3 is 2.29 bits per heavy atom. The predicted molar refractivity (Wildman–Crippen MR) is 60.3 cm³/mol. The number of aliphatic hydroxyl groups is 1. The van der Waals surface area contributed by atoms with E-state index in [2.05, 4.69) is 10.6 Å². The molecule has 0 aliphatic carbocycles. The van der Waals surface area contributed by atoms with E-state index >= 15 is 0 Å². The minimum absolute atomic E-state index is 0.235. The summed E-state index contributed by atoms with van der Waals surface area (Å²) in [4.78, 5) is 0. The van der Waals surface area contributed by atoms with Gasteiger partial charge in [0.2, 0.25) is 0 Å². The molecule has 5 N–H and O–H groups in total. The van der Waals surface area contributed by atoms with Crippen molar-refractivity contribution in [1.82, 2.24) is 10.6 Å². The summed E-state index contributed by atoms with van der Waals surface area (Å²) in [5.74, 6) is 0. The van der Waals surface area contributed by atoms with Crippen molar-refractivity contribution in [1.29, 1.82) is 0 Å². The maximum absolute atomic E-state index is 8.97. The van der Waals surface area contributed by atoms with Crippen molar-refractivity contribution < 1.29 is 5.11 Å². The molecule has 14 heavy (non-hydrogen) atoms. The van der Waals surface area contributed by atoms with Gasteiger partial charge in [0.15, 0.2) is 0 Å². The van der Waals surface area contributed by atoms with Crippen LogP contribution in [-0.2, 0) is 0 Å². The molecular weight excluding hydrogens is 178 g/mol. The molecular formula is C10H25N3O. The number of hydrogen-bond acceptors (Lipinski definition) is 4. The molecule has 0 spiro atoms. The molecule has 0 amide bonds. The van der Waals surface area contributed by atoms with Gasteiger partial charge in [-0.25, -0.2) is 0 Å². The van der Waals surface area contributed by atoms with E-state index in [0.717, 1.165) is 26.2 Å². The fraction of sp³-hybridized carbons (Fsp3) is 1.00. The lowest BCUT2D eigenvalue weighted by atomic mass is 10.2. The summed E-state index contributed by atoms with van der Waals surface area (Å²) in [5, 5.41) is 15.4. The molecule has 0 saturated carbocycles. The number of nitrogens with two attached hydrogens (primary N) is 1. The Hall–Kier alpha value is -0.160. The summed E-state index contributed by atoms with van der Waals surface area (Å²) in [5.41, 5.74) is 5.34. The van der Waals surface area contributed by atoms with E-state index in [0.29, 0.717) is 6.54 Å². The lowest BCUT2D eigenvalue weighted by Crippen LogP contribution is -2.25. The first-order chi connectivity index (χ1) is 6.77. The molecule has 0 rings (SSSR count). The quantitative estimate of drug-likeness (QED) is 0.367. The van der Waals surface area contributed by atoms with Crippen LogP contribution < -0.4 is 16.4 Å². The van der Waals surface area contributed by atoms with E-state index in [-0.39, 0.29) is 6.10 Å². The van der Waals surface area contributed by atoms with Crippen molar-refractivity contribution in [2.24, 2.45) is 5.73 Å². The standard InChI is InChI=1S/C10H25N3O/c1-10(14)9-13-7-4-2-3-6-12-8-5-11/h10,12-14H,2-9,11H2,1H3. The van der Waals surface area contributed by atoms with Gasteiger partial charge >= 0.3 is 0 Å². The summed E-state index contributed by atoms with van der Waals surface area (Å²) >= 11 is 0. The topological polar surface area (TPSA) is 70.3 Å². The Morgan fingerprint density at radius 1 is 1.07 bits per heavy atom. The highest BCUT2D eigenvalue weighted by molar-refractivity contribution is 4.54. The zero-order valence-electron chi connectivity index (χ0n) is 9.26. The van der Waals surface area contributed by atoms with Crippen LogP contribution in [0.1, 0.15) is 26.2 Å². The maximum Gasteiger partial charge on any atom is 0.0636 e. The number of unbranched alkanes of at least 4 members (excludes halogenated alkanes) is 2. The van der Waals surface area contributed by atoms with Crippen LogP contribution in [0.25, 0.3) is 0 Å². The van der Waals surface area contributed by atoms with Gasteiger partial charge in [0.1, 0.15) is 0 Å². The van der Waals surface area contributed by atoms with Crippen molar-refractivity contribution in [2.45, 2.75) is 32.3 Å². The molecule has 0 aromatic rings. The van der Waals surface area contributed by atoms with Gasteiger partial charge in [0, 0.05) is 19.6 Å². The second-order valence-electron chi connectivity index (χ2n) is 3.65. The summed E-state index contributed by atoms with van der Waals surface area (Å²) in [6.45, 7) is 6.20. The van der Waals surface area contributed by atoms with Crippen LogP contribution in [0.5, 0.6) is 0 Å². The minimum Gasteiger partial charge on any atom is -0.392 e. The third-order valence-electron chi connectivity index (χ3n) is 1.97. The van der Waals surface area contributed by atoms with Crippen molar-refractivity contribution in [3.63, 3.8) is 0 Å². The predicted octanol–water partition coefficient (Wildman–Crippen LogP) is -0.325. The Balaban J connectivity index is 2.85. The average molecular weight is 203 g/mol. The smallest absolute Gasteiger partial charge is 0.0636 e. The summed E-state index contributed by atoms with van der Waals surface area (Å²) in [6.07, 6.45) is 3.37. The zero-order chi connectivity index (χ0) is 10.6. The van der Waals surface area contributed by atoms with Crippen molar-refractivity contribution >= 4 is 0 Å². The van der Waals surface area contributed by atoms with Gasteiger partial charge in [-0.2, -0.15) is 0 Å². The molecule has 0 saturated heterocycles. The molecule has 0 radical (unpaired) electrons. The van der Waals surface area contributed by atoms with Crippen LogP contribution in [-0.4, -0.2) is 43.9 Å². The lowest BCUT2D eigenvalue weighted by Gasteiger charge is -2.06. The molecule has 0 aliphatic heterocycles. The molecule has 0 aromatic heterocycles. The van der Waals surface area contributed by atoms with Gasteiger partial charge in [-0.15, -0.1) is 0 Å². The number of rotatable bonds is 10. The van der Waals surface area contributed by atoms with Gasteiger partial charge < -0.3 is 21.5 Å². The van der Waals surface area contributed by atoms with Crippen LogP contribution in [0.4, 0.5) is 0 Å². The van der Waals surface area contributed by atoms with Gasteiger partial charge in [-0.3, -0.25) is 0 Å². The highest BCUT2D eigenvalue weighted by Gasteiger charge is 1.93. The molecule has 0 fully saturated rings. The monoisotopic (exact) mass is 203 g/mol. The maximum atomic E-state index is 8.97. The van der Waals surface area contributed by atoms with Crippen LogP contribution in [0.3, 0.4) is 0 Å².